The first-order valence-corrected chi connectivity index (χ1v) is 9.35. The second-order valence-electron chi connectivity index (χ2n) is 5.98. The molecule has 1 aromatic heterocycles. The molecule has 0 spiro atoms. The number of aromatic nitrogens is 2. The monoisotopic (exact) mass is 314 g/mol. The maximum Gasteiger partial charge on any atom is 0.329 e. The van der Waals surface area contributed by atoms with Gasteiger partial charge in [-0.25, -0.2) is 13.1 Å². The highest BCUT2D eigenvalue weighted by Gasteiger charge is 2.25. The molecule has 2 N–H and O–H groups in total. The number of nitrogens with zero attached hydrogens (tertiary/aromatic N) is 2. The van der Waals surface area contributed by atoms with E-state index in [2.05, 4.69) is 20.2 Å². The van der Waals surface area contributed by atoms with E-state index in [0.717, 1.165) is 45.1 Å². The van der Waals surface area contributed by atoms with Gasteiger partial charge in [0.25, 0.3) is 0 Å². The Labute approximate surface area is 124 Å². The first kappa shape index (κ1) is 14.8. The summed E-state index contributed by atoms with van der Waals surface area (Å²) in [7, 11) is -3.41. The third-order valence-corrected chi connectivity index (χ3v) is 5.62. The SMILES string of the molecule is O=S(=O)(CC1CCCCC1)Nc1nnc(C2CCCN2)o1. The van der Waals surface area contributed by atoms with Crippen LogP contribution < -0.4 is 10.0 Å². The van der Waals surface area contributed by atoms with Gasteiger partial charge in [-0.2, -0.15) is 0 Å². The van der Waals surface area contributed by atoms with Gasteiger partial charge in [-0.15, -0.1) is 5.10 Å². The molecular weight excluding hydrogens is 292 g/mol. The maximum atomic E-state index is 12.1. The fourth-order valence-corrected chi connectivity index (χ4v) is 4.54. The highest BCUT2D eigenvalue weighted by atomic mass is 32.2. The quantitative estimate of drug-likeness (QED) is 0.860. The van der Waals surface area contributed by atoms with Gasteiger partial charge in [0.05, 0.1) is 11.8 Å². The van der Waals surface area contributed by atoms with Crippen molar-refractivity contribution in [2.45, 2.75) is 51.0 Å². The van der Waals surface area contributed by atoms with Gasteiger partial charge in [0.15, 0.2) is 0 Å². The number of sulfonamides is 1. The molecule has 0 radical (unpaired) electrons. The summed E-state index contributed by atoms with van der Waals surface area (Å²) in [6.07, 6.45) is 7.44. The summed E-state index contributed by atoms with van der Waals surface area (Å²) >= 11 is 0. The van der Waals surface area contributed by atoms with Crippen molar-refractivity contribution in [3.8, 4) is 0 Å². The molecule has 3 rings (SSSR count). The van der Waals surface area contributed by atoms with E-state index in [1.807, 2.05) is 0 Å². The smallest absolute Gasteiger partial charge is 0.329 e. The lowest BCUT2D eigenvalue weighted by atomic mass is 9.91. The van der Waals surface area contributed by atoms with E-state index in [0.29, 0.717) is 5.89 Å². The zero-order valence-corrected chi connectivity index (χ0v) is 12.9. The zero-order valence-electron chi connectivity index (χ0n) is 12.0. The lowest BCUT2D eigenvalue weighted by molar-refractivity contribution is 0.385. The van der Waals surface area contributed by atoms with E-state index >= 15 is 0 Å². The molecule has 1 saturated carbocycles. The molecule has 8 heteroatoms. The molecule has 1 aromatic rings. The first-order chi connectivity index (χ1) is 10.1. The van der Waals surface area contributed by atoms with Gasteiger partial charge in [-0.05, 0) is 38.1 Å². The van der Waals surface area contributed by atoms with Crippen LogP contribution in [0.4, 0.5) is 6.01 Å². The molecular formula is C13H22N4O3S. The fourth-order valence-electron chi connectivity index (χ4n) is 3.15. The van der Waals surface area contributed by atoms with Crippen molar-refractivity contribution in [1.82, 2.24) is 15.5 Å². The molecule has 118 valence electrons. The van der Waals surface area contributed by atoms with Crippen molar-refractivity contribution >= 4 is 16.0 Å². The normalized spacial score (nSPS) is 24.3. The topological polar surface area (TPSA) is 97.1 Å². The van der Waals surface area contributed by atoms with Gasteiger partial charge in [0.1, 0.15) is 0 Å². The summed E-state index contributed by atoms with van der Waals surface area (Å²) < 4.78 is 32.1. The van der Waals surface area contributed by atoms with Crippen LogP contribution in [-0.4, -0.2) is 30.9 Å². The van der Waals surface area contributed by atoms with Crippen molar-refractivity contribution in [3.63, 3.8) is 0 Å². The zero-order chi connectivity index (χ0) is 14.7. The molecule has 2 aliphatic rings. The van der Waals surface area contributed by atoms with Crippen molar-refractivity contribution in [1.29, 1.82) is 0 Å². The lowest BCUT2D eigenvalue weighted by Crippen LogP contribution is -2.24. The first-order valence-electron chi connectivity index (χ1n) is 7.70. The predicted molar refractivity (Wildman–Crippen MR) is 78.3 cm³/mol. The Balaban J connectivity index is 1.59. The van der Waals surface area contributed by atoms with E-state index in [9.17, 15) is 8.42 Å². The largest absolute Gasteiger partial charge is 0.406 e. The molecule has 0 bridgehead atoms. The van der Waals surface area contributed by atoms with Gasteiger partial charge in [0, 0.05) is 0 Å². The Kier molecular flexibility index (Phi) is 4.44. The van der Waals surface area contributed by atoms with Crippen LogP contribution in [0.2, 0.25) is 0 Å². The van der Waals surface area contributed by atoms with Crippen LogP contribution >= 0.6 is 0 Å². The average Bonchev–Trinajstić information content (AvgIpc) is 3.09. The van der Waals surface area contributed by atoms with Gasteiger partial charge < -0.3 is 9.73 Å². The molecule has 1 aliphatic heterocycles. The second-order valence-corrected chi connectivity index (χ2v) is 7.75. The number of hydrogen-bond acceptors (Lipinski definition) is 6. The van der Waals surface area contributed by atoms with Crippen LogP contribution in [0, 0.1) is 5.92 Å². The van der Waals surface area contributed by atoms with Crippen LogP contribution in [0.25, 0.3) is 0 Å². The van der Waals surface area contributed by atoms with Gasteiger partial charge in [-0.1, -0.05) is 24.4 Å². The average molecular weight is 314 g/mol. The molecule has 0 amide bonds. The van der Waals surface area contributed by atoms with Crippen molar-refractivity contribution in [3.05, 3.63) is 5.89 Å². The van der Waals surface area contributed by atoms with E-state index in [1.54, 1.807) is 0 Å². The molecule has 2 fully saturated rings. The minimum atomic E-state index is -3.41. The van der Waals surface area contributed by atoms with Crippen LogP contribution in [0.1, 0.15) is 56.9 Å². The number of hydrogen-bond donors (Lipinski definition) is 2. The van der Waals surface area contributed by atoms with Gasteiger partial charge in [0.2, 0.25) is 15.9 Å². The molecule has 1 aliphatic carbocycles. The number of nitrogens with one attached hydrogen (secondary N) is 2. The van der Waals surface area contributed by atoms with E-state index < -0.39 is 10.0 Å². The minimum absolute atomic E-state index is 0.0190. The maximum absolute atomic E-state index is 12.1. The minimum Gasteiger partial charge on any atom is -0.406 e. The fraction of sp³-hybridized carbons (Fsp3) is 0.846. The van der Waals surface area contributed by atoms with E-state index in [-0.39, 0.29) is 23.7 Å². The van der Waals surface area contributed by atoms with Crippen molar-refractivity contribution in [2.75, 3.05) is 17.0 Å². The molecule has 0 aromatic carbocycles. The predicted octanol–water partition coefficient (Wildman–Crippen LogP) is 1.82. The van der Waals surface area contributed by atoms with Gasteiger partial charge in [-0.3, -0.25) is 0 Å². The second kappa shape index (κ2) is 6.31. The summed E-state index contributed by atoms with van der Waals surface area (Å²) in [4.78, 5) is 0. The molecule has 7 nitrogen and oxygen atoms in total. The number of anilines is 1. The summed E-state index contributed by atoms with van der Waals surface area (Å²) in [6.45, 7) is 0.926. The Hall–Kier alpha value is -1.15. The summed E-state index contributed by atoms with van der Waals surface area (Å²) in [6, 6.07) is 0.0311. The number of rotatable bonds is 5. The van der Waals surface area contributed by atoms with Crippen LogP contribution in [-0.2, 0) is 10.0 Å². The van der Waals surface area contributed by atoms with Crippen LogP contribution in [0.3, 0.4) is 0 Å². The van der Waals surface area contributed by atoms with E-state index in [1.165, 1.54) is 6.42 Å². The van der Waals surface area contributed by atoms with Crippen molar-refractivity contribution in [2.24, 2.45) is 5.92 Å². The molecule has 1 atom stereocenters. The molecule has 1 unspecified atom stereocenters. The Morgan fingerprint density at radius 2 is 1.95 bits per heavy atom. The standard InChI is InChI=1S/C13H22N4O3S/c18-21(19,9-10-5-2-1-3-6-10)17-13-16-15-12(20-13)11-7-4-8-14-11/h10-11,14H,1-9H2,(H,16,17). The van der Waals surface area contributed by atoms with Crippen molar-refractivity contribution < 1.29 is 12.8 Å². The molecule has 2 heterocycles. The van der Waals surface area contributed by atoms with E-state index in [4.69, 9.17) is 4.42 Å². The summed E-state index contributed by atoms with van der Waals surface area (Å²) in [5, 5.41) is 11.0. The van der Waals surface area contributed by atoms with Crippen LogP contribution in [0.15, 0.2) is 4.42 Å². The Bertz CT molecular complexity index is 560. The highest BCUT2D eigenvalue weighted by Crippen LogP contribution is 2.26. The Morgan fingerprint density at radius 1 is 1.14 bits per heavy atom. The highest BCUT2D eigenvalue weighted by molar-refractivity contribution is 7.92. The molecule has 21 heavy (non-hydrogen) atoms. The molecule has 1 saturated heterocycles. The summed E-state index contributed by atoms with van der Waals surface area (Å²) in [5.74, 6) is 0.852. The summed E-state index contributed by atoms with van der Waals surface area (Å²) in [5.41, 5.74) is 0. The Morgan fingerprint density at radius 3 is 2.67 bits per heavy atom. The lowest BCUT2D eigenvalue weighted by Gasteiger charge is -2.20. The third kappa shape index (κ3) is 3.94. The third-order valence-electron chi connectivity index (χ3n) is 4.22. The van der Waals surface area contributed by atoms with Crippen LogP contribution in [0.5, 0.6) is 0 Å². The van der Waals surface area contributed by atoms with Gasteiger partial charge >= 0.3 is 6.01 Å².